The molecule has 0 radical (unpaired) electrons. The van der Waals surface area contributed by atoms with E-state index in [2.05, 4.69) is 11.4 Å². The Morgan fingerprint density at radius 1 is 1.44 bits per heavy atom. The van der Waals surface area contributed by atoms with E-state index in [1.54, 1.807) is 6.92 Å². The lowest BCUT2D eigenvalue weighted by atomic mass is 10.1. The van der Waals surface area contributed by atoms with Gasteiger partial charge >= 0.3 is 0 Å². The first-order valence-corrected chi connectivity index (χ1v) is 6.10. The predicted molar refractivity (Wildman–Crippen MR) is 70.5 cm³/mol. The Bertz CT molecular complexity index is 411. The van der Waals surface area contributed by atoms with Gasteiger partial charge in [0.05, 0.1) is 18.0 Å². The number of carbonyl (C=O) groups is 1. The van der Waals surface area contributed by atoms with Crippen molar-refractivity contribution in [2.24, 2.45) is 11.7 Å². The number of hydrogen-bond donors (Lipinski definition) is 2. The second-order valence-corrected chi connectivity index (χ2v) is 4.41. The maximum absolute atomic E-state index is 11.6. The van der Waals surface area contributed by atoms with Crippen LogP contribution in [0.2, 0.25) is 0 Å². The van der Waals surface area contributed by atoms with Crippen LogP contribution in [-0.4, -0.2) is 18.5 Å². The van der Waals surface area contributed by atoms with Crippen LogP contribution in [0.5, 0.6) is 0 Å². The van der Waals surface area contributed by atoms with Gasteiger partial charge in [-0.2, -0.15) is 5.26 Å². The van der Waals surface area contributed by atoms with Gasteiger partial charge in [0.2, 0.25) is 5.91 Å². The van der Waals surface area contributed by atoms with Crippen LogP contribution in [0.3, 0.4) is 0 Å². The second kappa shape index (κ2) is 7.46. The maximum Gasteiger partial charge on any atom is 0.236 e. The Kier molecular flexibility index (Phi) is 5.89. The number of rotatable bonds is 6. The zero-order chi connectivity index (χ0) is 13.4. The van der Waals surface area contributed by atoms with Crippen molar-refractivity contribution in [1.29, 1.82) is 5.26 Å². The molecule has 0 saturated heterocycles. The molecule has 96 valence electrons. The van der Waals surface area contributed by atoms with Gasteiger partial charge in [0, 0.05) is 6.54 Å². The molecule has 1 rings (SSSR count). The van der Waals surface area contributed by atoms with Crippen molar-refractivity contribution < 1.29 is 4.79 Å². The van der Waals surface area contributed by atoms with Crippen LogP contribution in [0, 0.1) is 17.2 Å². The van der Waals surface area contributed by atoms with E-state index in [1.807, 2.05) is 30.3 Å². The fraction of sp³-hybridized carbons (Fsp3) is 0.429. The van der Waals surface area contributed by atoms with Crippen LogP contribution in [-0.2, 0) is 11.2 Å². The molecule has 18 heavy (non-hydrogen) atoms. The number of nitrogens with one attached hydrogen (secondary N) is 1. The smallest absolute Gasteiger partial charge is 0.236 e. The number of nitrogens with zero attached hydrogens (tertiary/aromatic N) is 1. The van der Waals surface area contributed by atoms with Crippen molar-refractivity contribution in [3.63, 3.8) is 0 Å². The molecule has 1 aromatic carbocycles. The van der Waals surface area contributed by atoms with E-state index >= 15 is 0 Å². The number of nitrogens with two attached hydrogens (primary N) is 1. The fourth-order valence-electron chi connectivity index (χ4n) is 1.53. The standard InChI is InChI=1S/C14H19N3O/c1-11(9-15)10-17-14(18)13(16)8-7-12-5-3-2-4-6-12/h2-6,11,13H,7-8,10,16H2,1H3,(H,17,18). The number of aryl methyl sites for hydroxylation is 1. The van der Waals surface area contributed by atoms with E-state index in [0.717, 1.165) is 6.42 Å². The molecule has 0 aliphatic heterocycles. The van der Waals surface area contributed by atoms with Crippen molar-refractivity contribution in [3.8, 4) is 6.07 Å². The lowest BCUT2D eigenvalue weighted by Gasteiger charge is -2.12. The van der Waals surface area contributed by atoms with Gasteiger partial charge in [-0.15, -0.1) is 0 Å². The molecule has 0 bridgehead atoms. The van der Waals surface area contributed by atoms with E-state index in [4.69, 9.17) is 11.0 Å². The minimum Gasteiger partial charge on any atom is -0.353 e. The number of amides is 1. The Labute approximate surface area is 108 Å². The average molecular weight is 245 g/mol. The van der Waals surface area contributed by atoms with Gasteiger partial charge < -0.3 is 11.1 Å². The third-order valence-electron chi connectivity index (χ3n) is 2.73. The molecule has 1 amide bonds. The van der Waals surface area contributed by atoms with E-state index in [0.29, 0.717) is 13.0 Å². The minimum atomic E-state index is -0.518. The highest BCUT2D eigenvalue weighted by molar-refractivity contribution is 5.81. The van der Waals surface area contributed by atoms with Gasteiger partial charge in [-0.3, -0.25) is 4.79 Å². The Morgan fingerprint density at radius 3 is 2.72 bits per heavy atom. The molecule has 4 nitrogen and oxygen atoms in total. The Hall–Kier alpha value is -1.86. The predicted octanol–water partition coefficient (Wildman–Crippen LogP) is 1.22. The lowest BCUT2D eigenvalue weighted by Crippen LogP contribution is -2.42. The molecular formula is C14H19N3O. The largest absolute Gasteiger partial charge is 0.353 e. The van der Waals surface area contributed by atoms with Gasteiger partial charge in [0.1, 0.15) is 0 Å². The summed E-state index contributed by atoms with van der Waals surface area (Å²) in [6.07, 6.45) is 1.39. The summed E-state index contributed by atoms with van der Waals surface area (Å²) in [6.45, 7) is 2.12. The van der Waals surface area contributed by atoms with Crippen LogP contribution >= 0.6 is 0 Å². The zero-order valence-corrected chi connectivity index (χ0v) is 10.6. The molecule has 2 unspecified atom stereocenters. The van der Waals surface area contributed by atoms with Crippen molar-refractivity contribution in [2.45, 2.75) is 25.8 Å². The summed E-state index contributed by atoms with van der Waals surface area (Å²) >= 11 is 0. The van der Waals surface area contributed by atoms with Crippen molar-refractivity contribution in [2.75, 3.05) is 6.54 Å². The Morgan fingerprint density at radius 2 is 2.11 bits per heavy atom. The van der Waals surface area contributed by atoms with Crippen molar-refractivity contribution in [3.05, 3.63) is 35.9 Å². The van der Waals surface area contributed by atoms with Gasteiger partial charge in [0.15, 0.2) is 0 Å². The molecule has 3 N–H and O–H groups in total. The maximum atomic E-state index is 11.6. The molecule has 0 saturated carbocycles. The number of benzene rings is 1. The van der Waals surface area contributed by atoms with Crippen molar-refractivity contribution >= 4 is 5.91 Å². The van der Waals surface area contributed by atoms with E-state index in [9.17, 15) is 4.79 Å². The van der Waals surface area contributed by atoms with Crippen LogP contribution in [0.15, 0.2) is 30.3 Å². The molecular weight excluding hydrogens is 226 g/mol. The van der Waals surface area contributed by atoms with Gasteiger partial charge in [-0.1, -0.05) is 30.3 Å². The van der Waals surface area contributed by atoms with E-state index in [1.165, 1.54) is 5.56 Å². The van der Waals surface area contributed by atoms with E-state index in [-0.39, 0.29) is 11.8 Å². The van der Waals surface area contributed by atoms with Gasteiger partial charge in [-0.25, -0.2) is 0 Å². The quantitative estimate of drug-likeness (QED) is 0.791. The third kappa shape index (κ3) is 4.98. The van der Waals surface area contributed by atoms with E-state index < -0.39 is 6.04 Å². The first kappa shape index (κ1) is 14.2. The monoisotopic (exact) mass is 245 g/mol. The van der Waals surface area contributed by atoms with Gasteiger partial charge in [0.25, 0.3) is 0 Å². The topological polar surface area (TPSA) is 78.9 Å². The third-order valence-corrected chi connectivity index (χ3v) is 2.73. The molecule has 0 aliphatic carbocycles. The number of nitriles is 1. The molecule has 4 heteroatoms. The second-order valence-electron chi connectivity index (χ2n) is 4.41. The molecule has 1 aromatic rings. The summed E-state index contributed by atoms with van der Waals surface area (Å²) in [5.41, 5.74) is 6.97. The van der Waals surface area contributed by atoms with Crippen LogP contribution < -0.4 is 11.1 Å². The first-order valence-electron chi connectivity index (χ1n) is 6.10. The molecule has 0 aliphatic rings. The summed E-state index contributed by atoms with van der Waals surface area (Å²) in [5.74, 6) is -0.372. The minimum absolute atomic E-state index is 0.185. The highest BCUT2D eigenvalue weighted by Gasteiger charge is 2.13. The molecule has 0 spiro atoms. The number of hydrogen-bond acceptors (Lipinski definition) is 3. The molecule has 0 fully saturated rings. The van der Waals surface area contributed by atoms with Crippen LogP contribution in [0.1, 0.15) is 18.9 Å². The summed E-state index contributed by atoms with van der Waals surface area (Å²) < 4.78 is 0. The molecule has 2 atom stereocenters. The summed E-state index contributed by atoms with van der Waals surface area (Å²) in [4.78, 5) is 11.6. The fourth-order valence-corrected chi connectivity index (χ4v) is 1.53. The first-order chi connectivity index (χ1) is 8.63. The zero-order valence-electron chi connectivity index (χ0n) is 10.6. The van der Waals surface area contributed by atoms with Crippen LogP contribution in [0.25, 0.3) is 0 Å². The normalized spacial score (nSPS) is 13.4. The van der Waals surface area contributed by atoms with Crippen LogP contribution in [0.4, 0.5) is 0 Å². The summed E-state index contributed by atoms with van der Waals surface area (Å²) in [6, 6.07) is 11.5. The molecule has 0 aromatic heterocycles. The average Bonchev–Trinajstić information content (AvgIpc) is 2.42. The molecule has 0 heterocycles. The SMILES string of the molecule is CC(C#N)CNC(=O)C(N)CCc1ccccc1. The lowest BCUT2D eigenvalue weighted by molar-refractivity contribution is -0.122. The number of carbonyl (C=O) groups excluding carboxylic acids is 1. The Balaban J connectivity index is 2.30. The van der Waals surface area contributed by atoms with Crippen molar-refractivity contribution in [1.82, 2.24) is 5.32 Å². The summed E-state index contributed by atoms with van der Waals surface area (Å²) in [7, 11) is 0. The summed E-state index contributed by atoms with van der Waals surface area (Å²) in [5, 5.41) is 11.3. The highest BCUT2D eigenvalue weighted by Crippen LogP contribution is 2.04. The van der Waals surface area contributed by atoms with Gasteiger partial charge in [-0.05, 0) is 25.3 Å². The highest BCUT2D eigenvalue weighted by atomic mass is 16.2.